The fourth-order valence-electron chi connectivity index (χ4n) is 6.66. The van der Waals surface area contributed by atoms with E-state index in [1.165, 1.54) is 0 Å². The molecule has 7 rings (SSSR count). The average Bonchev–Trinajstić information content (AvgIpc) is 3.50. The number of allylic oxidation sites excluding steroid dienone is 3. The van der Waals surface area contributed by atoms with Gasteiger partial charge in [-0.05, 0) is 75.2 Å². The predicted molar refractivity (Wildman–Crippen MR) is 182 cm³/mol. The minimum atomic E-state index is -2.81. The van der Waals surface area contributed by atoms with Gasteiger partial charge in [-0.15, -0.1) is 0 Å². The summed E-state index contributed by atoms with van der Waals surface area (Å²) in [5.74, 6) is 4.86. The SMILES string of the molecule is CCOC1=CC2=C(OC(C)c3ccccc3)C(OCC)=C1[Si]21c2cc(OC(C)c3ccccc3)c(c(OCC)c2OCC)[Si]1[Si]. The second-order valence-corrected chi connectivity index (χ2v) is 22.2. The summed E-state index contributed by atoms with van der Waals surface area (Å²) in [5.41, 5.74) is 2.22. The lowest BCUT2D eigenvalue weighted by atomic mass is 10.1. The summed E-state index contributed by atoms with van der Waals surface area (Å²) in [6.45, 7) is 14.3. The molecule has 0 amide bonds. The maximum atomic E-state index is 6.89. The summed E-state index contributed by atoms with van der Waals surface area (Å²) >= 11 is 0. The normalized spacial score (nSPS) is 19.6. The molecule has 1 spiro atoms. The Morgan fingerprint density at radius 2 is 1.24 bits per heavy atom. The highest BCUT2D eigenvalue weighted by molar-refractivity contribution is 7.62. The lowest BCUT2D eigenvalue weighted by Crippen LogP contribution is -2.71. The zero-order valence-electron chi connectivity index (χ0n) is 26.9. The first-order valence-electron chi connectivity index (χ1n) is 15.9. The quantitative estimate of drug-likeness (QED) is 0.197. The number of benzene rings is 3. The van der Waals surface area contributed by atoms with E-state index in [4.69, 9.17) is 28.4 Å². The van der Waals surface area contributed by atoms with Gasteiger partial charge < -0.3 is 28.4 Å². The van der Waals surface area contributed by atoms with Crippen LogP contribution in [0.15, 0.2) is 100 Å². The summed E-state index contributed by atoms with van der Waals surface area (Å²) in [6, 6.07) is 22.8. The Balaban J connectivity index is 1.57. The molecule has 3 aromatic rings. The predicted octanol–water partition coefficient (Wildman–Crippen LogP) is 6.09. The molecule has 0 aromatic heterocycles. The van der Waals surface area contributed by atoms with E-state index in [9.17, 15) is 0 Å². The van der Waals surface area contributed by atoms with E-state index in [0.29, 0.717) is 26.4 Å². The van der Waals surface area contributed by atoms with Gasteiger partial charge in [-0.2, -0.15) is 0 Å². The number of ether oxygens (including phenoxy) is 6. The highest BCUT2D eigenvalue weighted by atomic mass is 29.6. The Labute approximate surface area is 272 Å². The van der Waals surface area contributed by atoms with Crippen LogP contribution in [0.3, 0.4) is 0 Å². The van der Waals surface area contributed by atoms with Crippen LogP contribution in [0.25, 0.3) is 0 Å². The molecular formula is C36H40O6Si3. The third-order valence-corrected chi connectivity index (χ3v) is 23.3. The zero-order chi connectivity index (χ0) is 31.7. The van der Waals surface area contributed by atoms with Gasteiger partial charge in [0, 0.05) is 20.1 Å². The summed E-state index contributed by atoms with van der Waals surface area (Å²) in [7, 11) is 0.0637. The highest BCUT2D eigenvalue weighted by Crippen LogP contribution is 2.55. The Morgan fingerprint density at radius 1 is 0.689 bits per heavy atom. The standard InChI is InChI=1S/C36H40O6Si3/c1-7-37-28-22-30-32(42-24(6)26-19-15-12-16-20-26)34(40-10-4)36(28)45(30)29-21-27(41-23(5)25-17-13-11-14-18-25)35(44(45)43)33(39-9-3)31(29)38-8-2/h11-24H,7-10H2,1-6H3. The number of hydrogen-bond acceptors (Lipinski definition) is 6. The molecule has 6 nitrogen and oxygen atoms in total. The van der Waals surface area contributed by atoms with Crippen molar-refractivity contribution in [3.05, 3.63) is 112 Å². The van der Waals surface area contributed by atoms with Crippen LogP contribution in [0.4, 0.5) is 0 Å². The van der Waals surface area contributed by atoms with Crippen LogP contribution in [0.1, 0.15) is 64.9 Å². The molecule has 45 heavy (non-hydrogen) atoms. The largest absolute Gasteiger partial charge is 0.494 e. The third-order valence-electron chi connectivity index (χ3n) is 8.51. The minimum absolute atomic E-state index is 0.150. The van der Waals surface area contributed by atoms with E-state index in [2.05, 4.69) is 60.0 Å². The molecule has 4 radical (unpaired) electrons. The van der Waals surface area contributed by atoms with Crippen molar-refractivity contribution in [3.63, 3.8) is 0 Å². The Bertz CT molecular complexity index is 1650. The molecule has 0 fully saturated rings. The van der Waals surface area contributed by atoms with Gasteiger partial charge in [0.25, 0.3) is 0 Å². The van der Waals surface area contributed by atoms with Crippen molar-refractivity contribution in [1.29, 1.82) is 0 Å². The first kappa shape index (κ1) is 31.3. The molecule has 232 valence electrons. The van der Waals surface area contributed by atoms with Crippen molar-refractivity contribution < 1.29 is 28.4 Å². The van der Waals surface area contributed by atoms with E-state index >= 15 is 0 Å². The molecule has 9 heteroatoms. The fourth-order valence-corrected chi connectivity index (χ4v) is 22.5. The first-order valence-corrected chi connectivity index (χ1v) is 21.9. The first-order chi connectivity index (χ1) is 21.9. The van der Waals surface area contributed by atoms with Gasteiger partial charge in [0.15, 0.2) is 30.6 Å². The van der Waals surface area contributed by atoms with Crippen molar-refractivity contribution in [2.75, 3.05) is 26.4 Å². The van der Waals surface area contributed by atoms with Gasteiger partial charge in [-0.1, -0.05) is 60.7 Å². The number of hydrogen-bond donors (Lipinski definition) is 0. The summed E-state index contributed by atoms with van der Waals surface area (Å²) in [6.07, 6.45) is 1.87. The molecule has 4 aliphatic rings. The smallest absolute Gasteiger partial charge is 0.164 e. The third kappa shape index (κ3) is 5.05. The minimum Gasteiger partial charge on any atom is -0.494 e. The molecule has 4 heterocycles. The Kier molecular flexibility index (Phi) is 9.03. The van der Waals surface area contributed by atoms with Crippen LogP contribution in [-0.4, -0.2) is 51.6 Å². The zero-order valence-corrected chi connectivity index (χ0v) is 29.9. The molecule has 4 aliphatic heterocycles. The topological polar surface area (TPSA) is 55.4 Å². The monoisotopic (exact) mass is 652 g/mol. The van der Waals surface area contributed by atoms with Crippen molar-refractivity contribution in [2.45, 2.75) is 53.8 Å². The summed E-state index contributed by atoms with van der Waals surface area (Å²) < 4.78 is 39.4. The lowest BCUT2D eigenvalue weighted by Gasteiger charge is -2.42. The maximum Gasteiger partial charge on any atom is 0.164 e. The van der Waals surface area contributed by atoms with Crippen molar-refractivity contribution in [3.8, 4) is 17.2 Å². The molecule has 0 saturated heterocycles. The van der Waals surface area contributed by atoms with Gasteiger partial charge in [-0.25, -0.2) is 0 Å². The molecule has 0 saturated carbocycles. The number of rotatable bonds is 14. The van der Waals surface area contributed by atoms with E-state index in [1.54, 1.807) is 0 Å². The molecule has 0 N–H and O–H groups in total. The fraction of sp³-hybridized carbons (Fsp3) is 0.333. The van der Waals surface area contributed by atoms with Crippen LogP contribution in [0.2, 0.25) is 0 Å². The molecule has 4 bridgehead atoms. The molecule has 3 atom stereocenters. The molecule has 3 unspecified atom stereocenters. The molecule has 3 aromatic carbocycles. The second-order valence-electron chi connectivity index (χ2n) is 11.1. The second kappa shape index (κ2) is 13.0. The van der Waals surface area contributed by atoms with Crippen LogP contribution in [0.5, 0.6) is 17.2 Å². The van der Waals surface area contributed by atoms with Crippen LogP contribution in [0, 0.1) is 0 Å². The van der Waals surface area contributed by atoms with Gasteiger partial charge >= 0.3 is 0 Å². The maximum absolute atomic E-state index is 6.89. The van der Waals surface area contributed by atoms with Crippen molar-refractivity contribution in [1.82, 2.24) is 0 Å². The van der Waals surface area contributed by atoms with Gasteiger partial charge in [-0.3, -0.25) is 0 Å². The van der Waals surface area contributed by atoms with Gasteiger partial charge in [0.05, 0.1) is 34.3 Å². The van der Waals surface area contributed by atoms with E-state index in [0.717, 1.165) is 66.4 Å². The average molecular weight is 653 g/mol. The van der Waals surface area contributed by atoms with Gasteiger partial charge in [0.2, 0.25) is 0 Å². The van der Waals surface area contributed by atoms with E-state index in [-0.39, 0.29) is 12.2 Å². The summed E-state index contributed by atoms with van der Waals surface area (Å²) in [4.78, 5) is 0. The molecular weight excluding hydrogens is 613 g/mol. The van der Waals surface area contributed by atoms with E-state index in [1.807, 2.05) is 64.1 Å². The highest BCUT2D eigenvalue weighted by Gasteiger charge is 2.66. The molecule has 0 aliphatic carbocycles. The summed E-state index contributed by atoms with van der Waals surface area (Å²) in [5, 5.41) is 4.44. The van der Waals surface area contributed by atoms with Crippen LogP contribution >= 0.6 is 0 Å². The van der Waals surface area contributed by atoms with Crippen LogP contribution in [-0.2, 0) is 14.2 Å². The Morgan fingerprint density at radius 3 is 1.82 bits per heavy atom. The Hall–Kier alpha value is -3.67. The van der Waals surface area contributed by atoms with Crippen LogP contribution < -0.4 is 24.6 Å². The number of fused-ring (bicyclic) bond motifs is 2. The lowest BCUT2D eigenvalue weighted by molar-refractivity contribution is 0.104. The van der Waals surface area contributed by atoms with Crippen molar-refractivity contribution in [2.24, 2.45) is 0 Å². The van der Waals surface area contributed by atoms with Crippen molar-refractivity contribution >= 4 is 35.6 Å². The van der Waals surface area contributed by atoms with Gasteiger partial charge in [0.1, 0.15) is 23.7 Å². The van der Waals surface area contributed by atoms with E-state index < -0.39 is 15.4 Å².